The summed E-state index contributed by atoms with van der Waals surface area (Å²) in [5.41, 5.74) is 2.45. The lowest BCUT2D eigenvalue weighted by molar-refractivity contribution is -0.141. The van der Waals surface area contributed by atoms with Gasteiger partial charge in [-0.3, -0.25) is 13.9 Å². The molecular formula is C28H41N3O5S. The number of carbonyl (C=O) groups excluding carboxylic acids is 2. The Kier molecular flexibility index (Phi) is 11.4. The maximum absolute atomic E-state index is 13.5. The van der Waals surface area contributed by atoms with Gasteiger partial charge < -0.3 is 15.0 Å². The zero-order valence-electron chi connectivity index (χ0n) is 22.9. The van der Waals surface area contributed by atoms with Crippen molar-refractivity contribution in [1.82, 2.24) is 10.2 Å². The molecule has 9 heteroatoms. The number of rotatable bonds is 14. The molecule has 0 aliphatic carbocycles. The molecule has 204 valence electrons. The molecule has 0 aliphatic rings. The van der Waals surface area contributed by atoms with Gasteiger partial charge in [-0.25, -0.2) is 8.42 Å². The van der Waals surface area contributed by atoms with E-state index in [2.05, 4.69) is 5.32 Å². The Morgan fingerprint density at radius 2 is 1.68 bits per heavy atom. The number of carbonyl (C=O) groups is 2. The van der Waals surface area contributed by atoms with Crippen LogP contribution in [0.2, 0.25) is 0 Å². The van der Waals surface area contributed by atoms with Crippen LogP contribution in [0.4, 0.5) is 5.69 Å². The molecule has 2 rings (SSSR count). The topological polar surface area (TPSA) is 96.0 Å². The fourth-order valence-corrected chi connectivity index (χ4v) is 5.16. The van der Waals surface area contributed by atoms with Crippen LogP contribution < -0.4 is 14.4 Å². The predicted molar refractivity (Wildman–Crippen MR) is 148 cm³/mol. The van der Waals surface area contributed by atoms with E-state index in [9.17, 15) is 18.0 Å². The monoisotopic (exact) mass is 531 g/mol. The van der Waals surface area contributed by atoms with Crippen LogP contribution in [0.5, 0.6) is 5.75 Å². The van der Waals surface area contributed by atoms with Gasteiger partial charge in [-0.1, -0.05) is 43.3 Å². The van der Waals surface area contributed by atoms with Gasteiger partial charge in [0.25, 0.3) is 0 Å². The summed E-state index contributed by atoms with van der Waals surface area (Å²) in [6.45, 7) is 10.3. The summed E-state index contributed by atoms with van der Waals surface area (Å²) in [5, 5.41) is 2.93. The van der Waals surface area contributed by atoms with E-state index in [1.165, 1.54) is 4.31 Å². The molecule has 37 heavy (non-hydrogen) atoms. The molecule has 2 aromatic carbocycles. The molecule has 1 N–H and O–H groups in total. The molecule has 0 fully saturated rings. The minimum Gasteiger partial charge on any atom is -0.492 e. The lowest BCUT2D eigenvalue weighted by atomic mass is 10.0. The van der Waals surface area contributed by atoms with Crippen molar-refractivity contribution >= 4 is 27.5 Å². The van der Waals surface area contributed by atoms with Crippen LogP contribution in [-0.4, -0.2) is 56.6 Å². The van der Waals surface area contributed by atoms with Gasteiger partial charge >= 0.3 is 0 Å². The Morgan fingerprint density at radius 1 is 1.03 bits per heavy atom. The maximum atomic E-state index is 13.5. The van der Waals surface area contributed by atoms with E-state index in [0.717, 1.165) is 17.4 Å². The highest BCUT2D eigenvalue weighted by Crippen LogP contribution is 2.30. The van der Waals surface area contributed by atoms with E-state index in [4.69, 9.17) is 4.74 Å². The molecule has 8 nitrogen and oxygen atoms in total. The van der Waals surface area contributed by atoms with Crippen LogP contribution in [0, 0.1) is 6.92 Å². The van der Waals surface area contributed by atoms with E-state index in [1.807, 2.05) is 58.9 Å². The molecule has 0 radical (unpaired) electrons. The van der Waals surface area contributed by atoms with Crippen LogP contribution in [0.1, 0.15) is 58.1 Å². The normalized spacial score (nSPS) is 12.2. The highest BCUT2D eigenvalue weighted by atomic mass is 32.2. The summed E-state index contributed by atoms with van der Waals surface area (Å²) >= 11 is 0. The molecule has 0 heterocycles. The number of benzene rings is 2. The second-order valence-corrected chi connectivity index (χ2v) is 11.3. The van der Waals surface area contributed by atoms with E-state index in [1.54, 1.807) is 29.2 Å². The summed E-state index contributed by atoms with van der Waals surface area (Å²) in [6.07, 6.45) is 2.00. The quantitative estimate of drug-likeness (QED) is 0.393. The highest BCUT2D eigenvalue weighted by molar-refractivity contribution is 7.92. The number of nitrogens with one attached hydrogen (secondary N) is 1. The Balaban J connectivity index is 2.26. The van der Waals surface area contributed by atoms with Gasteiger partial charge in [0.05, 0.1) is 18.6 Å². The third kappa shape index (κ3) is 8.77. The first-order valence-corrected chi connectivity index (χ1v) is 14.7. The molecule has 2 amide bonds. The summed E-state index contributed by atoms with van der Waals surface area (Å²) < 4.78 is 32.2. The zero-order valence-corrected chi connectivity index (χ0v) is 23.7. The molecular weight excluding hydrogens is 490 g/mol. The largest absolute Gasteiger partial charge is 0.492 e. The summed E-state index contributed by atoms with van der Waals surface area (Å²) in [6, 6.07) is 14.1. The number of para-hydroxylation sites is 2. The van der Waals surface area contributed by atoms with Crippen LogP contribution in [0.15, 0.2) is 48.5 Å². The van der Waals surface area contributed by atoms with Gasteiger partial charge in [0, 0.05) is 25.6 Å². The molecule has 2 aromatic rings. The van der Waals surface area contributed by atoms with Crippen molar-refractivity contribution in [1.29, 1.82) is 0 Å². The fraction of sp³-hybridized carbons (Fsp3) is 0.500. The minimum absolute atomic E-state index is 0.0503. The van der Waals surface area contributed by atoms with Crippen molar-refractivity contribution in [3.63, 3.8) is 0 Å². The van der Waals surface area contributed by atoms with Crippen molar-refractivity contribution in [3.05, 3.63) is 59.7 Å². The standard InChI is InChI=1S/C28H41N3O5S/c1-7-24(28(33)29-21(3)4)30(20-23-15-10-9-14-22(23)5)27(32)18-13-19-31(37(6,34)35)25-16-11-12-17-26(25)36-8-2/h9-12,14-17,21,24H,7-8,13,18-20H2,1-6H3,(H,29,33)/t24-/m0/s1. The van der Waals surface area contributed by atoms with Gasteiger partial charge in [0.2, 0.25) is 21.8 Å². The first-order valence-electron chi connectivity index (χ1n) is 12.8. The van der Waals surface area contributed by atoms with Crippen molar-refractivity contribution in [3.8, 4) is 5.75 Å². The smallest absolute Gasteiger partial charge is 0.243 e. The summed E-state index contributed by atoms with van der Waals surface area (Å²) in [4.78, 5) is 28.2. The Morgan fingerprint density at radius 3 is 2.27 bits per heavy atom. The molecule has 0 unspecified atom stereocenters. The van der Waals surface area contributed by atoms with Crippen LogP contribution in [0.3, 0.4) is 0 Å². The van der Waals surface area contributed by atoms with E-state index in [0.29, 0.717) is 37.4 Å². The molecule has 0 saturated carbocycles. The first-order chi connectivity index (χ1) is 17.5. The van der Waals surface area contributed by atoms with E-state index >= 15 is 0 Å². The van der Waals surface area contributed by atoms with Gasteiger partial charge in [-0.05, 0) is 63.8 Å². The first kappa shape index (κ1) is 30.2. The number of anilines is 1. The van der Waals surface area contributed by atoms with Crippen LogP contribution in [-0.2, 0) is 26.2 Å². The maximum Gasteiger partial charge on any atom is 0.243 e. The van der Waals surface area contributed by atoms with Crippen molar-refractivity contribution in [2.45, 2.75) is 72.5 Å². The summed E-state index contributed by atoms with van der Waals surface area (Å²) in [7, 11) is -3.61. The number of amides is 2. The van der Waals surface area contributed by atoms with E-state index < -0.39 is 16.1 Å². The highest BCUT2D eigenvalue weighted by Gasteiger charge is 2.29. The number of hydrogen-bond acceptors (Lipinski definition) is 5. The second-order valence-electron chi connectivity index (χ2n) is 9.37. The number of ether oxygens (including phenoxy) is 1. The number of nitrogens with zero attached hydrogens (tertiary/aromatic N) is 2. The molecule has 1 atom stereocenters. The molecule has 0 bridgehead atoms. The SMILES string of the molecule is CCOc1ccccc1N(CCCC(=O)N(Cc1ccccc1C)[C@@H](CC)C(=O)NC(C)C)S(C)(=O)=O. The number of hydrogen-bond donors (Lipinski definition) is 1. The molecule has 0 spiro atoms. The van der Waals surface area contributed by atoms with Crippen molar-refractivity contribution in [2.75, 3.05) is 23.7 Å². The lowest BCUT2D eigenvalue weighted by Crippen LogP contribution is -2.50. The van der Waals surface area contributed by atoms with Crippen LogP contribution >= 0.6 is 0 Å². The Bertz CT molecular complexity index is 1150. The average molecular weight is 532 g/mol. The Labute approximate surface area is 222 Å². The Hall–Kier alpha value is -3.07. The van der Waals surface area contributed by atoms with Crippen molar-refractivity contribution in [2.24, 2.45) is 0 Å². The second kappa shape index (κ2) is 14.0. The third-order valence-electron chi connectivity index (χ3n) is 6.00. The van der Waals surface area contributed by atoms with E-state index in [-0.39, 0.29) is 30.8 Å². The lowest BCUT2D eigenvalue weighted by Gasteiger charge is -2.32. The molecule has 0 aromatic heterocycles. The summed E-state index contributed by atoms with van der Waals surface area (Å²) in [5.74, 6) is 0.0859. The molecule has 0 saturated heterocycles. The molecule has 0 aliphatic heterocycles. The average Bonchev–Trinajstić information content (AvgIpc) is 2.82. The van der Waals surface area contributed by atoms with Gasteiger partial charge in [-0.2, -0.15) is 0 Å². The van der Waals surface area contributed by atoms with Gasteiger partial charge in [-0.15, -0.1) is 0 Å². The van der Waals surface area contributed by atoms with Gasteiger partial charge in [0.15, 0.2) is 0 Å². The van der Waals surface area contributed by atoms with Gasteiger partial charge in [0.1, 0.15) is 11.8 Å². The third-order valence-corrected chi connectivity index (χ3v) is 7.18. The zero-order chi connectivity index (χ0) is 27.6. The number of sulfonamides is 1. The van der Waals surface area contributed by atoms with Crippen molar-refractivity contribution < 1.29 is 22.7 Å². The minimum atomic E-state index is -3.61. The number of aryl methyl sites for hydroxylation is 1. The predicted octanol–water partition coefficient (Wildman–Crippen LogP) is 4.27. The van der Waals surface area contributed by atoms with Crippen LogP contribution in [0.25, 0.3) is 0 Å². The fourth-order valence-electron chi connectivity index (χ4n) is 4.19.